The van der Waals surface area contributed by atoms with E-state index < -0.39 is 0 Å². The second-order valence-electron chi connectivity index (χ2n) is 7.96. The molecule has 0 radical (unpaired) electrons. The van der Waals surface area contributed by atoms with Crippen LogP contribution in [-0.2, 0) is 16.6 Å². The Labute approximate surface area is 150 Å². The molecule has 0 saturated carbocycles. The fourth-order valence-electron chi connectivity index (χ4n) is 4.41. The lowest BCUT2D eigenvalue weighted by Gasteiger charge is -2.50. The van der Waals surface area contributed by atoms with Crippen molar-refractivity contribution < 1.29 is 4.79 Å². The summed E-state index contributed by atoms with van der Waals surface area (Å²) in [6.07, 6.45) is 0.501. The highest BCUT2D eigenvalue weighted by Crippen LogP contribution is 2.40. The Balaban J connectivity index is 1.55. The van der Waals surface area contributed by atoms with E-state index in [4.69, 9.17) is 0 Å². The number of nitrogens with zero attached hydrogens (tertiary/aromatic N) is 2. The Morgan fingerprint density at radius 2 is 1.76 bits per heavy atom. The molecule has 2 aliphatic heterocycles. The lowest BCUT2D eigenvalue weighted by atomic mass is 9.75. The van der Waals surface area contributed by atoms with Crippen LogP contribution >= 0.6 is 0 Å². The average Bonchev–Trinajstić information content (AvgIpc) is 2.62. The Kier molecular flexibility index (Phi) is 4.12. The van der Waals surface area contributed by atoms with E-state index in [1.165, 1.54) is 11.1 Å². The van der Waals surface area contributed by atoms with Gasteiger partial charge in [-0.2, -0.15) is 0 Å². The molecule has 1 unspecified atom stereocenters. The highest BCUT2D eigenvalue weighted by atomic mass is 16.2. The van der Waals surface area contributed by atoms with Crippen molar-refractivity contribution in [1.82, 2.24) is 9.80 Å². The van der Waals surface area contributed by atoms with Gasteiger partial charge < -0.3 is 4.90 Å². The molecular weight excluding hydrogens is 308 g/mol. The maximum atomic E-state index is 12.8. The molecule has 25 heavy (non-hydrogen) atoms. The Morgan fingerprint density at radius 3 is 2.56 bits per heavy atom. The molecule has 1 saturated heterocycles. The van der Waals surface area contributed by atoms with Crippen LogP contribution in [0.25, 0.3) is 0 Å². The van der Waals surface area contributed by atoms with Crippen LogP contribution in [-0.4, -0.2) is 41.9 Å². The van der Waals surface area contributed by atoms with Gasteiger partial charge in [0.25, 0.3) is 0 Å². The first-order valence-electron chi connectivity index (χ1n) is 9.20. The molecular formula is C22H26N2O. The van der Waals surface area contributed by atoms with E-state index in [-0.39, 0.29) is 11.3 Å². The number of benzene rings is 2. The third-order valence-corrected chi connectivity index (χ3v) is 5.69. The molecule has 0 spiro atoms. The van der Waals surface area contributed by atoms with E-state index in [9.17, 15) is 4.79 Å². The van der Waals surface area contributed by atoms with Gasteiger partial charge in [0, 0.05) is 31.6 Å². The van der Waals surface area contributed by atoms with Gasteiger partial charge >= 0.3 is 0 Å². The molecule has 0 bridgehead atoms. The van der Waals surface area contributed by atoms with Crippen LogP contribution in [0.5, 0.6) is 0 Å². The van der Waals surface area contributed by atoms with Gasteiger partial charge in [-0.25, -0.2) is 0 Å². The van der Waals surface area contributed by atoms with E-state index in [1.807, 2.05) is 30.3 Å². The summed E-state index contributed by atoms with van der Waals surface area (Å²) in [6.45, 7) is 8.32. The highest BCUT2D eigenvalue weighted by molar-refractivity contribution is 5.79. The first-order chi connectivity index (χ1) is 12.0. The molecule has 2 aromatic rings. The van der Waals surface area contributed by atoms with Crippen LogP contribution in [0, 0.1) is 0 Å². The molecule has 0 aromatic heterocycles. The molecule has 3 nitrogen and oxygen atoms in total. The van der Waals surface area contributed by atoms with Crippen LogP contribution in [0.1, 0.15) is 36.6 Å². The molecule has 3 heteroatoms. The standard InChI is InChI=1S/C22H26N2O/c1-22(2)16-24-13-12-23(21(25)14-17-8-4-3-5-9-17)15-20(24)18-10-6-7-11-19(18)22/h3-11,20H,12-16H2,1-2H3. The highest BCUT2D eigenvalue weighted by Gasteiger charge is 2.40. The van der Waals surface area contributed by atoms with E-state index in [0.29, 0.717) is 12.5 Å². The maximum Gasteiger partial charge on any atom is 0.227 e. The molecule has 0 N–H and O–H groups in total. The minimum atomic E-state index is 0.170. The molecule has 2 aliphatic rings. The van der Waals surface area contributed by atoms with Crippen molar-refractivity contribution in [2.45, 2.75) is 31.7 Å². The molecule has 4 rings (SSSR count). The number of amides is 1. The van der Waals surface area contributed by atoms with Crippen LogP contribution in [0.15, 0.2) is 54.6 Å². The second kappa shape index (κ2) is 6.30. The normalized spacial score (nSPS) is 22.2. The van der Waals surface area contributed by atoms with Gasteiger partial charge in [0.05, 0.1) is 12.5 Å². The van der Waals surface area contributed by atoms with Crippen molar-refractivity contribution in [3.63, 3.8) is 0 Å². The first-order valence-corrected chi connectivity index (χ1v) is 9.20. The zero-order chi connectivity index (χ0) is 17.4. The number of fused-ring (bicyclic) bond motifs is 3. The Morgan fingerprint density at radius 1 is 1.04 bits per heavy atom. The summed E-state index contributed by atoms with van der Waals surface area (Å²) >= 11 is 0. The molecule has 1 fully saturated rings. The lowest BCUT2D eigenvalue weighted by Crippen LogP contribution is -2.56. The summed E-state index contributed by atoms with van der Waals surface area (Å²) in [7, 11) is 0. The minimum absolute atomic E-state index is 0.170. The fourth-order valence-corrected chi connectivity index (χ4v) is 4.41. The van der Waals surface area contributed by atoms with Gasteiger partial charge in [-0.15, -0.1) is 0 Å². The van der Waals surface area contributed by atoms with Crippen molar-refractivity contribution >= 4 is 5.91 Å². The smallest absolute Gasteiger partial charge is 0.227 e. The molecule has 2 aromatic carbocycles. The van der Waals surface area contributed by atoms with Gasteiger partial charge in [-0.3, -0.25) is 9.69 Å². The van der Waals surface area contributed by atoms with Gasteiger partial charge in [-0.1, -0.05) is 68.4 Å². The zero-order valence-electron chi connectivity index (χ0n) is 15.1. The molecule has 0 aliphatic carbocycles. The minimum Gasteiger partial charge on any atom is -0.339 e. The summed E-state index contributed by atoms with van der Waals surface area (Å²) in [5.41, 5.74) is 4.10. The van der Waals surface area contributed by atoms with Gasteiger partial charge in [-0.05, 0) is 16.7 Å². The van der Waals surface area contributed by atoms with Crippen molar-refractivity contribution in [1.29, 1.82) is 0 Å². The summed E-state index contributed by atoms with van der Waals surface area (Å²) in [6, 6.07) is 19.2. The summed E-state index contributed by atoms with van der Waals surface area (Å²) in [5, 5.41) is 0. The summed E-state index contributed by atoms with van der Waals surface area (Å²) < 4.78 is 0. The number of hydrogen-bond donors (Lipinski definition) is 0. The monoisotopic (exact) mass is 334 g/mol. The van der Waals surface area contributed by atoms with Crippen LogP contribution in [0.4, 0.5) is 0 Å². The SMILES string of the molecule is CC1(C)CN2CCN(C(=O)Cc3ccccc3)CC2c2ccccc21. The van der Waals surface area contributed by atoms with Crippen molar-refractivity contribution in [3.05, 3.63) is 71.3 Å². The summed E-state index contributed by atoms with van der Waals surface area (Å²) in [5.74, 6) is 0.244. The topological polar surface area (TPSA) is 23.6 Å². The Bertz CT molecular complexity index is 769. The quantitative estimate of drug-likeness (QED) is 0.840. The molecule has 1 atom stereocenters. The first kappa shape index (κ1) is 16.3. The van der Waals surface area contributed by atoms with Crippen LogP contribution < -0.4 is 0 Å². The third-order valence-electron chi connectivity index (χ3n) is 5.69. The number of hydrogen-bond acceptors (Lipinski definition) is 2. The average molecular weight is 334 g/mol. The predicted molar refractivity (Wildman–Crippen MR) is 101 cm³/mol. The van der Waals surface area contributed by atoms with E-state index >= 15 is 0 Å². The van der Waals surface area contributed by atoms with Crippen molar-refractivity contribution in [2.75, 3.05) is 26.2 Å². The second-order valence-corrected chi connectivity index (χ2v) is 7.96. The van der Waals surface area contributed by atoms with Crippen molar-refractivity contribution in [3.8, 4) is 0 Å². The third kappa shape index (κ3) is 3.09. The van der Waals surface area contributed by atoms with E-state index in [0.717, 1.165) is 31.7 Å². The molecule has 1 amide bonds. The van der Waals surface area contributed by atoms with Gasteiger partial charge in [0.15, 0.2) is 0 Å². The van der Waals surface area contributed by atoms with Gasteiger partial charge in [0.1, 0.15) is 0 Å². The Hall–Kier alpha value is -2.13. The maximum absolute atomic E-state index is 12.8. The number of piperazine rings is 1. The number of rotatable bonds is 2. The largest absolute Gasteiger partial charge is 0.339 e. The van der Waals surface area contributed by atoms with Crippen LogP contribution in [0.2, 0.25) is 0 Å². The lowest BCUT2D eigenvalue weighted by molar-refractivity contribution is -0.134. The molecule has 2 heterocycles. The summed E-state index contributed by atoms with van der Waals surface area (Å²) in [4.78, 5) is 17.4. The molecule has 130 valence electrons. The zero-order valence-corrected chi connectivity index (χ0v) is 15.1. The fraction of sp³-hybridized carbons (Fsp3) is 0.409. The predicted octanol–water partition coefficient (Wildman–Crippen LogP) is 3.41. The van der Waals surface area contributed by atoms with Crippen molar-refractivity contribution in [2.24, 2.45) is 0 Å². The van der Waals surface area contributed by atoms with Gasteiger partial charge in [0.2, 0.25) is 5.91 Å². The van der Waals surface area contributed by atoms with Crippen LogP contribution in [0.3, 0.4) is 0 Å². The van der Waals surface area contributed by atoms with E-state index in [2.05, 4.69) is 47.9 Å². The van der Waals surface area contributed by atoms with E-state index in [1.54, 1.807) is 0 Å². The number of carbonyl (C=O) groups excluding carboxylic acids is 1. The number of carbonyl (C=O) groups is 1.